The molecule has 0 saturated carbocycles. The average molecular weight is 625 g/mol. The van der Waals surface area contributed by atoms with Gasteiger partial charge < -0.3 is 0 Å². The molecule has 3 aliphatic rings. The molecule has 240 valence electrons. The zero-order valence-corrected chi connectivity index (χ0v) is 30.1. The predicted octanol–water partition coefficient (Wildman–Crippen LogP) is 12.9. The van der Waals surface area contributed by atoms with Gasteiger partial charge in [-0.1, -0.05) is 174 Å². The molecule has 0 unspecified atom stereocenters. The molecule has 0 spiro atoms. The predicted molar refractivity (Wildman–Crippen MR) is 206 cm³/mol. The molecule has 0 aromatic heterocycles. The number of aryl methyl sites for hydroxylation is 3. The lowest BCUT2D eigenvalue weighted by molar-refractivity contribution is 0.659. The molecule has 0 atom stereocenters. The fraction of sp³-hybridized carbons (Fsp3) is 0.250. The molecule has 0 radical (unpaired) electrons. The van der Waals surface area contributed by atoms with Crippen LogP contribution in [0.4, 0.5) is 0 Å². The monoisotopic (exact) mass is 624 g/mol. The summed E-state index contributed by atoms with van der Waals surface area (Å²) in [6.45, 7) is 20.5. The third kappa shape index (κ3) is 4.88. The Morgan fingerprint density at radius 1 is 0.312 bits per heavy atom. The van der Waals surface area contributed by atoms with Crippen LogP contribution in [0, 0.1) is 20.8 Å². The third-order valence-corrected chi connectivity index (χ3v) is 11.4. The van der Waals surface area contributed by atoms with E-state index >= 15 is 0 Å². The van der Waals surface area contributed by atoms with Gasteiger partial charge in [0.25, 0.3) is 0 Å². The molecular weight excluding hydrogens is 577 g/mol. The van der Waals surface area contributed by atoms with Crippen molar-refractivity contribution in [1.29, 1.82) is 0 Å². The van der Waals surface area contributed by atoms with E-state index in [-0.39, 0.29) is 16.2 Å². The van der Waals surface area contributed by atoms with Crippen LogP contribution >= 0.6 is 0 Å². The highest BCUT2D eigenvalue weighted by Crippen LogP contribution is 2.51. The first-order chi connectivity index (χ1) is 22.8. The Morgan fingerprint density at radius 3 is 1.15 bits per heavy atom. The maximum atomic E-state index is 2.33. The quantitative estimate of drug-likeness (QED) is 0.158. The van der Waals surface area contributed by atoms with Crippen molar-refractivity contribution >= 4 is 0 Å². The Labute approximate surface area is 288 Å². The Morgan fingerprint density at radius 2 is 0.667 bits per heavy atom. The maximum absolute atomic E-state index is 2.33. The minimum Gasteiger partial charge on any atom is -0.0619 e. The summed E-state index contributed by atoms with van der Waals surface area (Å²) >= 11 is 0. The Hall–Kier alpha value is -4.68. The van der Waals surface area contributed by atoms with Crippen molar-refractivity contribution in [3.05, 3.63) is 177 Å². The van der Waals surface area contributed by atoms with E-state index in [1.165, 1.54) is 83.5 Å². The van der Waals surface area contributed by atoms with Gasteiger partial charge in [-0.3, -0.25) is 0 Å². The van der Waals surface area contributed by atoms with E-state index in [9.17, 15) is 0 Å². The first-order valence-electron chi connectivity index (χ1n) is 17.5. The second-order valence-corrected chi connectivity index (χ2v) is 15.6. The summed E-state index contributed by atoms with van der Waals surface area (Å²) in [6, 6.07) is 46.4. The maximum Gasteiger partial charge on any atom is 0.0158 e. The third-order valence-electron chi connectivity index (χ3n) is 11.4. The first-order valence-corrected chi connectivity index (χ1v) is 17.5. The van der Waals surface area contributed by atoms with Crippen molar-refractivity contribution in [2.75, 3.05) is 0 Å². The van der Waals surface area contributed by atoms with Gasteiger partial charge in [0.2, 0.25) is 0 Å². The van der Waals surface area contributed by atoms with Crippen molar-refractivity contribution in [3.8, 4) is 33.4 Å². The van der Waals surface area contributed by atoms with Crippen LogP contribution in [-0.4, -0.2) is 0 Å². The van der Waals surface area contributed by atoms with Crippen LogP contribution < -0.4 is 0 Å². The van der Waals surface area contributed by atoms with E-state index in [2.05, 4.69) is 190 Å². The molecule has 9 rings (SSSR count). The zero-order chi connectivity index (χ0) is 34.0. The molecule has 3 aliphatic carbocycles. The smallest absolute Gasteiger partial charge is 0.0158 e. The van der Waals surface area contributed by atoms with Gasteiger partial charge in [0.1, 0.15) is 0 Å². The number of hydrogen-bond donors (Lipinski definition) is 0. The van der Waals surface area contributed by atoms with Crippen molar-refractivity contribution < 1.29 is 0 Å². The highest BCUT2D eigenvalue weighted by Gasteiger charge is 2.37. The molecule has 6 aromatic carbocycles. The van der Waals surface area contributed by atoms with Gasteiger partial charge in [-0.05, 0) is 98.7 Å². The van der Waals surface area contributed by atoms with Crippen molar-refractivity contribution in [2.24, 2.45) is 0 Å². The SMILES string of the molecule is Cc1ccc2c(c1)C(C)(C)c1ccccc1-2.Cc1cccc2c1-c1ccccc1C2(C)C.Cc1cccc2c1-c1ccccc1C2(C)C. The molecule has 0 aliphatic heterocycles. The highest BCUT2D eigenvalue weighted by atomic mass is 14.4. The lowest BCUT2D eigenvalue weighted by Gasteiger charge is -2.21. The van der Waals surface area contributed by atoms with Crippen LogP contribution in [0.25, 0.3) is 33.4 Å². The molecule has 0 N–H and O–H groups in total. The molecule has 0 saturated heterocycles. The van der Waals surface area contributed by atoms with E-state index < -0.39 is 0 Å². The Kier molecular flexibility index (Phi) is 7.63. The summed E-state index contributed by atoms with van der Waals surface area (Å²) < 4.78 is 0. The second-order valence-electron chi connectivity index (χ2n) is 15.6. The fourth-order valence-corrected chi connectivity index (χ4v) is 8.69. The summed E-state index contributed by atoms with van der Waals surface area (Å²) in [5.74, 6) is 0. The molecule has 0 nitrogen and oxygen atoms in total. The molecule has 0 amide bonds. The van der Waals surface area contributed by atoms with E-state index in [0.717, 1.165) is 0 Å². The van der Waals surface area contributed by atoms with Gasteiger partial charge in [-0.2, -0.15) is 0 Å². The van der Waals surface area contributed by atoms with Crippen molar-refractivity contribution in [3.63, 3.8) is 0 Å². The van der Waals surface area contributed by atoms with Gasteiger partial charge in [-0.15, -0.1) is 0 Å². The van der Waals surface area contributed by atoms with Gasteiger partial charge in [0.05, 0.1) is 0 Å². The normalized spacial score (nSPS) is 15.7. The number of rotatable bonds is 0. The van der Waals surface area contributed by atoms with Crippen LogP contribution in [0.5, 0.6) is 0 Å². The van der Waals surface area contributed by atoms with Crippen LogP contribution in [0.2, 0.25) is 0 Å². The van der Waals surface area contributed by atoms with Crippen LogP contribution in [0.15, 0.2) is 127 Å². The molecule has 0 heteroatoms. The molecule has 0 bridgehead atoms. The summed E-state index contributed by atoms with van der Waals surface area (Å²) in [5.41, 5.74) is 21.9. The summed E-state index contributed by atoms with van der Waals surface area (Å²) in [7, 11) is 0. The Balaban J connectivity index is 0.000000114. The lowest BCUT2D eigenvalue weighted by Crippen LogP contribution is -2.14. The molecule has 6 aromatic rings. The molecule has 0 fully saturated rings. The minimum absolute atomic E-state index is 0.151. The van der Waals surface area contributed by atoms with Crippen molar-refractivity contribution in [2.45, 2.75) is 78.6 Å². The second kappa shape index (κ2) is 11.5. The van der Waals surface area contributed by atoms with Gasteiger partial charge in [0, 0.05) is 16.2 Å². The van der Waals surface area contributed by atoms with Gasteiger partial charge in [-0.25, -0.2) is 0 Å². The average Bonchev–Trinajstić information content (AvgIpc) is 3.56. The minimum atomic E-state index is 0.151. The van der Waals surface area contributed by atoms with Crippen LogP contribution in [-0.2, 0) is 16.2 Å². The number of hydrogen-bond acceptors (Lipinski definition) is 0. The molecular formula is C48H48. The van der Waals surface area contributed by atoms with Crippen LogP contribution in [0.1, 0.15) is 91.6 Å². The molecule has 0 heterocycles. The van der Waals surface area contributed by atoms with E-state index in [0.29, 0.717) is 0 Å². The summed E-state index contributed by atoms with van der Waals surface area (Å²) in [6.07, 6.45) is 0. The standard InChI is InChI=1S/3C16H16/c2*1-11-7-6-10-14-15(11)12-8-4-5-9-13(12)16(14,2)3;1-11-8-9-13-12-6-4-5-7-14(12)16(2,3)15(13)10-11/h3*4-10H,1-3H3. The van der Waals surface area contributed by atoms with Crippen molar-refractivity contribution in [1.82, 2.24) is 0 Å². The highest BCUT2D eigenvalue weighted by molar-refractivity contribution is 5.84. The van der Waals surface area contributed by atoms with E-state index in [1.54, 1.807) is 0 Å². The first kappa shape index (κ1) is 31.9. The van der Waals surface area contributed by atoms with Gasteiger partial charge >= 0.3 is 0 Å². The topological polar surface area (TPSA) is 0 Å². The van der Waals surface area contributed by atoms with Gasteiger partial charge in [0.15, 0.2) is 0 Å². The molecule has 48 heavy (non-hydrogen) atoms. The lowest BCUT2D eigenvalue weighted by atomic mass is 9.82. The van der Waals surface area contributed by atoms with E-state index in [1.807, 2.05) is 0 Å². The number of benzene rings is 6. The summed E-state index contributed by atoms with van der Waals surface area (Å²) in [5, 5.41) is 0. The Bertz CT molecular complexity index is 2070. The van der Waals surface area contributed by atoms with Crippen LogP contribution in [0.3, 0.4) is 0 Å². The number of fused-ring (bicyclic) bond motifs is 9. The summed E-state index contributed by atoms with van der Waals surface area (Å²) in [4.78, 5) is 0. The zero-order valence-electron chi connectivity index (χ0n) is 30.1. The fourth-order valence-electron chi connectivity index (χ4n) is 8.69. The van der Waals surface area contributed by atoms with E-state index in [4.69, 9.17) is 0 Å². The largest absolute Gasteiger partial charge is 0.0619 e.